The molecule has 1 saturated heterocycles. The third-order valence-electron chi connectivity index (χ3n) is 3.55. The van der Waals surface area contributed by atoms with Gasteiger partial charge in [-0.05, 0) is 12.1 Å². The van der Waals surface area contributed by atoms with E-state index < -0.39 is 5.60 Å². The average Bonchev–Trinajstić information content (AvgIpc) is 2.98. The Kier molecular flexibility index (Phi) is 3.37. The lowest BCUT2D eigenvalue weighted by Crippen LogP contribution is -2.36. The van der Waals surface area contributed by atoms with E-state index in [-0.39, 0.29) is 0 Å². The van der Waals surface area contributed by atoms with Crippen LogP contribution in [0, 0.1) is 0 Å². The summed E-state index contributed by atoms with van der Waals surface area (Å²) >= 11 is 0. The predicted molar refractivity (Wildman–Crippen MR) is 70.7 cm³/mol. The van der Waals surface area contributed by atoms with Crippen LogP contribution in [0.3, 0.4) is 0 Å². The highest BCUT2D eigenvalue weighted by Gasteiger charge is 2.39. The van der Waals surface area contributed by atoms with Gasteiger partial charge in [0.1, 0.15) is 11.4 Å². The number of aromatic nitrogens is 3. The Bertz CT molecular complexity index is 593. The van der Waals surface area contributed by atoms with E-state index in [1.165, 1.54) is 0 Å². The first-order chi connectivity index (χ1) is 9.73. The second-order valence-electron chi connectivity index (χ2n) is 4.70. The smallest absolute Gasteiger partial charge is 0.258 e. The summed E-state index contributed by atoms with van der Waals surface area (Å²) in [5.74, 6) is 1.38. The Labute approximate surface area is 116 Å². The highest BCUT2D eigenvalue weighted by atomic mass is 16.5. The minimum atomic E-state index is -0.529. The van der Waals surface area contributed by atoms with Crippen LogP contribution in [0.5, 0.6) is 0 Å². The van der Waals surface area contributed by atoms with Crippen LogP contribution in [-0.2, 0) is 15.1 Å². The van der Waals surface area contributed by atoms with Crippen LogP contribution in [0.2, 0.25) is 0 Å². The molecule has 2 aromatic rings. The van der Waals surface area contributed by atoms with Gasteiger partial charge in [0, 0.05) is 44.9 Å². The summed E-state index contributed by atoms with van der Waals surface area (Å²) in [6, 6.07) is 3.47. The third kappa shape index (κ3) is 2.25. The molecule has 0 aromatic carbocycles. The lowest BCUT2D eigenvalue weighted by molar-refractivity contribution is -0.101. The van der Waals surface area contributed by atoms with Crippen LogP contribution in [0.15, 0.2) is 22.9 Å². The largest absolute Gasteiger partial charge is 0.384 e. The molecule has 1 aliphatic heterocycles. The third-order valence-corrected chi connectivity index (χ3v) is 3.55. The maximum Gasteiger partial charge on any atom is 0.258 e. The normalized spacial score (nSPS) is 18.1. The lowest BCUT2D eigenvalue weighted by Gasteiger charge is -2.32. The molecule has 0 atom stereocenters. The molecule has 0 radical (unpaired) electrons. The minimum Gasteiger partial charge on any atom is -0.384 e. The van der Waals surface area contributed by atoms with Gasteiger partial charge in [0.05, 0.1) is 0 Å². The number of rotatable bonds is 3. The molecule has 1 aliphatic rings. The van der Waals surface area contributed by atoms with Crippen LogP contribution in [0.1, 0.15) is 18.7 Å². The van der Waals surface area contributed by atoms with Crippen LogP contribution in [0.25, 0.3) is 11.5 Å². The molecule has 3 heterocycles. The van der Waals surface area contributed by atoms with E-state index in [1.807, 2.05) is 0 Å². The molecular weight excluding hydrogens is 260 g/mol. The molecule has 7 nitrogen and oxygen atoms in total. The summed E-state index contributed by atoms with van der Waals surface area (Å²) in [4.78, 5) is 8.39. The Morgan fingerprint density at radius 1 is 1.35 bits per heavy atom. The number of anilines is 1. The molecule has 0 unspecified atom stereocenters. The van der Waals surface area contributed by atoms with E-state index in [0.717, 1.165) is 5.56 Å². The fraction of sp³-hybridized carbons (Fsp3) is 0.462. The predicted octanol–water partition coefficient (Wildman–Crippen LogP) is 1.37. The molecule has 0 spiro atoms. The van der Waals surface area contributed by atoms with Gasteiger partial charge in [-0.15, -0.1) is 0 Å². The summed E-state index contributed by atoms with van der Waals surface area (Å²) in [5, 5.41) is 4.06. The summed E-state index contributed by atoms with van der Waals surface area (Å²) in [6.45, 7) is 1.25. The summed E-state index contributed by atoms with van der Waals surface area (Å²) < 4.78 is 16.3. The first kappa shape index (κ1) is 13.0. The zero-order valence-corrected chi connectivity index (χ0v) is 11.2. The van der Waals surface area contributed by atoms with Gasteiger partial charge < -0.3 is 19.7 Å². The maximum absolute atomic E-state index is 5.66. The molecule has 2 N–H and O–H groups in total. The maximum atomic E-state index is 5.66. The van der Waals surface area contributed by atoms with Crippen molar-refractivity contribution in [3.63, 3.8) is 0 Å². The van der Waals surface area contributed by atoms with Gasteiger partial charge in [-0.1, -0.05) is 5.16 Å². The van der Waals surface area contributed by atoms with Gasteiger partial charge in [-0.25, -0.2) is 4.98 Å². The molecular formula is C13H16N4O3. The summed E-state index contributed by atoms with van der Waals surface area (Å²) in [6.07, 6.45) is 3.02. The van der Waals surface area contributed by atoms with Crippen molar-refractivity contribution in [1.82, 2.24) is 15.1 Å². The number of methoxy groups -OCH3 is 1. The molecule has 106 valence electrons. The van der Waals surface area contributed by atoms with Gasteiger partial charge in [0.2, 0.25) is 5.82 Å². The van der Waals surface area contributed by atoms with Crippen molar-refractivity contribution in [3.8, 4) is 11.5 Å². The van der Waals surface area contributed by atoms with Gasteiger partial charge >= 0.3 is 0 Å². The van der Waals surface area contributed by atoms with Crippen LogP contribution in [0.4, 0.5) is 5.82 Å². The van der Waals surface area contributed by atoms with Crippen molar-refractivity contribution < 1.29 is 14.0 Å². The van der Waals surface area contributed by atoms with Gasteiger partial charge in [0.25, 0.3) is 5.89 Å². The number of nitrogens with zero attached hydrogens (tertiary/aromatic N) is 3. The number of pyridine rings is 1. The molecule has 7 heteroatoms. The van der Waals surface area contributed by atoms with Gasteiger partial charge in [-0.2, -0.15) is 4.98 Å². The van der Waals surface area contributed by atoms with Crippen LogP contribution >= 0.6 is 0 Å². The number of hydrogen-bond acceptors (Lipinski definition) is 7. The first-order valence-electron chi connectivity index (χ1n) is 6.42. The van der Waals surface area contributed by atoms with Crippen molar-refractivity contribution in [2.24, 2.45) is 0 Å². The number of nitrogen functional groups attached to an aromatic ring is 1. The summed E-state index contributed by atoms with van der Waals surface area (Å²) in [7, 11) is 1.66. The van der Waals surface area contributed by atoms with Crippen LogP contribution < -0.4 is 5.73 Å². The zero-order chi connectivity index (χ0) is 14.0. The van der Waals surface area contributed by atoms with Crippen molar-refractivity contribution >= 4 is 5.82 Å². The SMILES string of the molecule is COC1(c2noc(-c3ccnc(N)c3)n2)CCOCC1. The second-order valence-corrected chi connectivity index (χ2v) is 4.70. The van der Waals surface area contributed by atoms with E-state index in [2.05, 4.69) is 15.1 Å². The second kappa shape index (κ2) is 5.18. The lowest BCUT2D eigenvalue weighted by atomic mass is 9.93. The number of ether oxygens (including phenoxy) is 2. The molecule has 2 aromatic heterocycles. The van der Waals surface area contributed by atoms with Crippen LogP contribution in [-0.4, -0.2) is 35.4 Å². The molecule has 0 saturated carbocycles. The zero-order valence-electron chi connectivity index (χ0n) is 11.2. The van der Waals surface area contributed by atoms with E-state index in [0.29, 0.717) is 43.6 Å². The summed E-state index contributed by atoms with van der Waals surface area (Å²) in [5.41, 5.74) is 5.87. The Hall–Kier alpha value is -1.99. The van der Waals surface area contributed by atoms with Crippen molar-refractivity contribution in [2.75, 3.05) is 26.1 Å². The number of hydrogen-bond donors (Lipinski definition) is 1. The molecule has 1 fully saturated rings. The van der Waals surface area contributed by atoms with Crippen molar-refractivity contribution in [2.45, 2.75) is 18.4 Å². The van der Waals surface area contributed by atoms with E-state index in [1.54, 1.807) is 25.4 Å². The topological polar surface area (TPSA) is 96.3 Å². The fourth-order valence-corrected chi connectivity index (χ4v) is 2.33. The average molecular weight is 276 g/mol. The Morgan fingerprint density at radius 2 is 2.15 bits per heavy atom. The fourth-order valence-electron chi connectivity index (χ4n) is 2.33. The molecule has 0 bridgehead atoms. The Balaban J connectivity index is 1.93. The van der Waals surface area contributed by atoms with E-state index in [9.17, 15) is 0 Å². The molecule has 0 amide bonds. The highest BCUT2D eigenvalue weighted by Crippen LogP contribution is 2.34. The van der Waals surface area contributed by atoms with Gasteiger partial charge in [0.15, 0.2) is 0 Å². The number of nitrogens with two attached hydrogens (primary N) is 1. The first-order valence-corrected chi connectivity index (χ1v) is 6.42. The highest BCUT2D eigenvalue weighted by molar-refractivity contribution is 5.56. The van der Waals surface area contributed by atoms with E-state index >= 15 is 0 Å². The molecule has 20 heavy (non-hydrogen) atoms. The quantitative estimate of drug-likeness (QED) is 0.904. The van der Waals surface area contributed by atoms with E-state index in [4.69, 9.17) is 19.7 Å². The standard InChI is InChI=1S/C13H16N4O3/c1-18-13(3-6-19-7-4-13)12-16-11(20-17-12)9-2-5-15-10(14)8-9/h2,5,8H,3-4,6-7H2,1H3,(H2,14,15). The van der Waals surface area contributed by atoms with Gasteiger partial charge in [-0.3, -0.25) is 0 Å². The Morgan fingerprint density at radius 3 is 2.85 bits per heavy atom. The van der Waals surface area contributed by atoms with Crippen molar-refractivity contribution in [1.29, 1.82) is 0 Å². The molecule has 0 aliphatic carbocycles. The molecule has 3 rings (SSSR count). The monoisotopic (exact) mass is 276 g/mol. The minimum absolute atomic E-state index is 0.412. The van der Waals surface area contributed by atoms with Crippen molar-refractivity contribution in [3.05, 3.63) is 24.2 Å².